The fourth-order valence-electron chi connectivity index (χ4n) is 3.15. The predicted octanol–water partition coefficient (Wildman–Crippen LogP) is 1.76. The first-order valence-corrected chi connectivity index (χ1v) is 7.77. The van der Waals surface area contributed by atoms with Crippen LogP contribution < -0.4 is 5.32 Å². The minimum atomic E-state index is 0.0728. The molecule has 1 aromatic rings. The monoisotopic (exact) mass is 293 g/mol. The van der Waals surface area contributed by atoms with Crippen molar-refractivity contribution in [3.63, 3.8) is 0 Å². The maximum Gasteiger partial charge on any atom is 0.224 e. The van der Waals surface area contributed by atoms with Crippen LogP contribution in [0.5, 0.6) is 0 Å². The summed E-state index contributed by atoms with van der Waals surface area (Å²) < 4.78 is 7.59. The van der Waals surface area contributed by atoms with Crippen molar-refractivity contribution in [2.75, 3.05) is 13.2 Å². The van der Waals surface area contributed by atoms with E-state index in [1.807, 2.05) is 25.6 Å². The molecule has 1 amide bonds. The molecule has 5 heteroatoms. The molecule has 21 heavy (non-hydrogen) atoms. The molecule has 0 unspecified atom stereocenters. The molecule has 1 N–H and O–H groups in total. The van der Waals surface area contributed by atoms with Crippen LogP contribution in [0.2, 0.25) is 0 Å². The second-order valence-electron chi connectivity index (χ2n) is 6.38. The third kappa shape index (κ3) is 3.64. The molecule has 0 aromatic carbocycles. The van der Waals surface area contributed by atoms with Crippen molar-refractivity contribution in [1.29, 1.82) is 0 Å². The van der Waals surface area contributed by atoms with E-state index in [0.717, 1.165) is 30.0 Å². The molecule has 0 spiro atoms. The zero-order chi connectivity index (χ0) is 15.6. The molecule has 2 heterocycles. The summed E-state index contributed by atoms with van der Waals surface area (Å²) in [5, 5.41) is 7.42. The smallest absolute Gasteiger partial charge is 0.224 e. The summed E-state index contributed by atoms with van der Waals surface area (Å²) in [5.41, 5.74) is 3.04. The van der Waals surface area contributed by atoms with Crippen LogP contribution in [-0.4, -0.2) is 34.9 Å². The van der Waals surface area contributed by atoms with Gasteiger partial charge in [0, 0.05) is 37.4 Å². The molecule has 0 saturated carbocycles. The van der Waals surface area contributed by atoms with Gasteiger partial charge in [-0.05, 0) is 26.2 Å². The molecule has 0 radical (unpaired) electrons. The molecule has 1 fully saturated rings. The molecule has 1 saturated heterocycles. The molecule has 2 atom stereocenters. The molecule has 5 nitrogen and oxygen atoms in total. The Labute approximate surface area is 127 Å². The molecule has 1 aliphatic rings. The number of ether oxygens (including phenoxy) is 1. The Morgan fingerprint density at radius 3 is 2.76 bits per heavy atom. The fourth-order valence-corrected chi connectivity index (χ4v) is 3.15. The topological polar surface area (TPSA) is 56.2 Å². The zero-order valence-corrected chi connectivity index (χ0v) is 13.8. The van der Waals surface area contributed by atoms with Gasteiger partial charge in [0.25, 0.3) is 0 Å². The number of nitrogens with zero attached hydrogens (tertiary/aromatic N) is 2. The van der Waals surface area contributed by atoms with Gasteiger partial charge in [-0.25, -0.2) is 0 Å². The van der Waals surface area contributed by atoms with Gasteiger partial charge in [-0.1, -0.05) is 13.8 Å². The first-order chi connectivity index (χ1) is 9.90. The Hall–Kier alpha value is -1.36. The van der Waals surface area contributed by atoms with E-state index >= 15 is 0 Å². The quantitative estimate of drug-likeness (QED) is 0.900. The summed E-state index contributed by atoms with van der Waals surface area (Å²) in [6, 6.07) is 0. The lowest BCUT2D eigenvalue weighted by atomic mass is 9.93. The molecular weight excluding hydrogens is 266 g/mol. The van der Waals surface area contributed by atoms with E-state index in [-0.39, 0.29) is 12.0 Å². The summed E-state index contributed by atoms with van der Waals surface area (Å²) in [4.78, 5) is 12.2. The van der Waals surface area contributed by atoms with Crippen molar-refractivity contribution in [3.8, 4) is 0 Å². The SMILES string of the molecule is Cc1nn(C)c(C)c1CC(=O)NC[C@H]1CCO[C@H]1C(C)C. The largest absolute Gasteiger partial charge is 0.378 e. The number of carbonyl (C=O) groups excluding carboxylic acids is 1. The lowest BCUT2D eigenvalue weighted by Crippen LogP contribution is -2.35. The number of rotatable bonds is 5. The van der Waals surface area contributed by atoms with Crippen LogP contribution in [0.3, 0.4) is 0 Å². The van der Waals surface area contributed by atoms with Crippen molar-refractivity contribution < 1.29 is 9.53 Å². The third-order valence-corrected chi connectivity index (χ3v) is 4.48. The Bertz CT molecular complexity index is 508. The average molecular weight is 293 g/mol. The van der Waals surface area contributed by atoms with E-state index in [1.165, 1.54) is 0 Å². The van der Waals surface area contributed by atoms with Crippen molar-refractivity contribution in [1.82, 2.24) is 15.1 Å². The molecule has 118 valence electrons. The van der Waals surface area contributed by atoms with Gasteiger partial charge >= 0.3 is 0 Å². The van der Waals surface area contributed by atoms with Crippen LogP contribution in [0.1, 0.15) is 37.2 Å². The Morgan fingerprint density at radius 1 is 1.48 bits per heavy atom. The van der Waals surface area contributed by atoms with Crippen molar-refractivity contribution in [3.05, 3.63) is 17.0 Å². The summed E-state index contributed by atoms with van der Waals surface area (Å²) in [6.45, 7) is 9.82. The number of nitrogens with one attached hydrogen (secondary N) is 1. The molecular formula is C16H27N3O2. The van der Waals surface area contributed by atoms with Gasteiger partial charge in [-0.2, -0.15) is 5.10 Å². The number of carbonyl (C=O) groups is 1. The van der Waals surface area contributed by atoms with Crippen LogP contribution in [0.15, 0.2) is 0 Å². The van der Waals surface area contributed by atoms with E-state index < -0.39 is 0 Å². The van der Waals surface area contributed by atoms with Crippen LogP contribution >= 0.6 is 0 Å². The van der Waals surface area contributed by atoms with Crippen molar-refractivity contribution >= 4 is 5.91 Å². The summed E-state index contributed by atoms with van der Waals surface area (Å²) in [7, 11) is 1.91. The summed E-state index contributed by atoms with van der Waals surface area (Å²) in [5.74, 6) is 1.01. The molecule has 1 aliphatic heterocycles. The number of hydrogen-bond donors (Lipinski definition) is 1. The standard InChI is InChI=1S/C16H27N3O2/c1-10(2)16-13(6-7-21-16)9-17-15(20)8-14-11(3)18-19(5)12(14)4/h10,13,16H,6-9H2,1-5H3,(H,17,20)/t13-,16+/m1/s1. The first kappa shape index (κ1) is 16.0. The van der Waals surface area contributed by atoms with Gasteiger partial charge < -0.3 is 10.1 Å². The molecule has 0 aliphatic carbocycles. The Kier molecular flexibility index (Phi) is 5.04. The van der Waals surface area contributed by atoms with Crippen LogP contribution in [0, 0.1) is 25.7 Å². The van der Waals surface area contributed by atoms with E-state index in [0.29, 0.717) is 24.8 Å². The van der Waals surface area contributed by atoms with Crippen LogP contribution in [0.4, 0.5) is 0 Å². The average Bonchev–Trinajstić information content (AvgIpc) is 2.97. The van der Waals surface area contributed by atoms with Gasteiger partial charge in [0.15, 0.2) is 0 Å². The molecule has 0 bridgehead atoms. The van der Waals surface area contributed by atoms with E-state index in [2.05, 4.69) is 24.3 Å². The number of hydrogen-bond acceptors (Lipinski definition) is 3. The molecule has 2 rings (SSSR count). The number of aromatic nitrogens is 2. The highest BCUT2D eigenvalue weighted by atomic mass is 16.5. The predicted molar refractivity (Wildman–Crippen MR) is 82.1 cm³/mol. The maximum absolute atomic E-state index is 12.2. The first-order valence-electron chi connectivity index (χ1n) is 7.77. The number of amides is 1. The van der Waals surface area contributed by atoms with E-state index in [9.17, 15) is 4.79 Å². The van der Waals surface area contributed by atoms with Gasteiger partial charge in [0.1, 0.15) is 0 Å². The second-order valence-corrected chi connectivity index (χ2v) is 6.38. The van der Waals surface area contributed by atoms with Crippen molar-refractivity contribution in [2.24, 2.45) is 18.9 Å². The van der Waals surface area contributed by atoms with E-state index in [1.54, 1.807) is 0 Å². The van der Waals surface area contributed by atoms with Gasteiger partial charge in [0.05, 0.1) is 18.2 Å². The van der Waals surface area contributed by atoms with Gasteiger partial charge in [-0.15, -0.1) is 0 Å². The maximum atomic E-state index is 12.2. The highest BCUT2D eigenvalue weighted by Crippen LogP contribution is 2.26. The summed E-state index contributed by atoms with van der Waals surface area (Å²) in [6.07, 6.45) is 1.71. The van der Waals surface area contributed by atoms with Crippen LogP contribution in [0.25, 0.3) is 0 Å². The number of aryl methyl sites for hydroxylation is 2. The van der Waals surface area contributed by atoms with E-state index in [4.69, 9.17) is 4.74 Å². The van der Waals surface area contributed by atoms with Crippen LogP contribution in [-0.2, 0) is 23.0 Å². The lowest BCUT2D eigenvalue weighted by molar-refractivity contribution is -0.120. The third-order valence-electron chi connectivity index (χ3n) is 4.48. The van der Waals surface area contributed by atoms with Gasteiger partial charge in [0.2, 0.25) is 5.91 Å². The van der Waals surface area contributed by atoms with Crippen molar-refractivity contribution in [2.45, 2.75) is 46.6 Å². The minimum Gasteiger partial charge on any atom is -0.378 e. The minimum absolute atomic E-state index is 0.0728. The highest BCUT2D eigenvalue weighted by Gasteiger charge is 2.30. The normalized spacial score (nSPS) is 22.0. The summed E-state index contributed by atoms with van der Waals surface area (Å²) >= 11 is 0. The highest BCUT2D eigenvalue weighted by molar-refractivity contribution is 5.79. The Balaban J connectivity index is 1.88. The zero-order valence-electron chi connectivity index (χ0n) is 13.8. The molecule has 1 aromatic heterocycles. The lowest BCUT2D eigenvalue weighted by Gasteiger charge is -2.22. The van der Waals surface area contributed by atoms with Gasteiger partial charge in [-0.3, -0.25) is 9.48 Å². The Morgan fingerprint density at radius 2 is 2.19 bits per heavy atom. The fraction of sp³-hybridized carbons (Fsp3) is 0.750. The second kappa shape index (κ2) is 6.60.